The molecule has 0 radical (unpaired) electrons. The maximum atomic E-state index is 11.8. The summed E-state index contributed by atoms with van der Waals surface area (Å²) in [7, 11) is 1.83. The summed E-state index contributed by atoms with van der Waals surface area (Å²) in [5, 5.41) is 8.58. The summed E-state index contributed by atoms with van der Waals surface area (Å²) in [6, 6.07) is 0. The zero-order valence-corrected chi connectivity index (χ0v) is 10.5. The monoisotopic (exact) mass is 240 g/mol. The maximum Gasteiger partial charge on any atom is 0.328 e. The molecule has 1 N–H and O–H groups in total. The van der Waals surface area contributed by atoms with E-state index in [4.69, 9.17) is 5.11 Å². The van der Waals surface area contributed by atoms with Gasteiger partial charge in [0, 0.05) is 25.7 Å². The fourth-order valence-corrected chi connectivity index (χ4v) is 2.04. The van der Waals surface area contributed by atoms with Gasteiger partial charge in [0.25, 0.3) is 0 Å². The second kappa shape index (κ2) is 6.39. The van der Waals surface area contributed by atoms with E-state index >= 15 is 0 Å². The highest BCUT2D eigenvalue weighted by atomic mass is 16.4. The normalized spacial score (nSPS) is 16.6. The SMILES string of the molecule is CC(=CC(=O)O)CN(C)CC(=O)N1CCCC1. The second-order valence-electron chi connectivity index (χ2n) is 4.59. The topological polar surface area (TPSA) is 60.9 Å². The molecule has 1 amide bonds. The van der Waals surface area contributed by atoms with Gasteiger partial charge in [-0.05, 0) is 26.8 Å². The van der Waals surface area contributed by atoms with E-state index in [0.29, 0.717) is 13.1 Å². The molecule has 1 aliphatic rings. The Bertz CT molecular complexity index is 320. The summed E-state index contributed by atoms with van der Waals surface area (Å²) in [6.07, 6.45) is 3.36. The average molecular weight is 240 g/mol. The van der Waals surface area contributed by atoms with Gasteiger partial charge in [-0.1, -0.05) is 5.57 Å². The first-order valence-corrected chi connectivity index (χ1v) is 5.85. The van der Waals surface area contributed by atoms with Crippen LogP contribution in [0.25, 0.3) is 0 Å². The summed E-state index contributed by atoms with van der Waals surface area (Å²) >= 11 is 0. The molecule has 1 heterocycles. The van der Waals surface area contributed by atoms with Crippen LogP contribution in [0.2, 0.25) is 0 Å². The number of hydrogen-bond acceptors (Lipinski definition) is 3. The molecule has 1 rings (SSSR count). The Morgan fingerprint density at radius 3 is 2.41 bits per heavy atom. The van der Waals surface area contributed by atoms with Crippen LogP contribution in [0.3, 0.4) is 0 Å². The van der Waals surface area contributed by atoms with Crippen LogP contribution in [0, 0.1) is 0 Å². The Morgan fingerprint density at radius 1 is 1.29 bits per heavy atom. The van der Waals surface area contributed by atoms with Gasteiger partial charge in [0.15, 0.2) is 0 Å². The molecule has 0 aromatic carbocycles. The number of amides is 1. The van der Waals surface area contributed by atoms with Crippen molar-refractivity contribution in [2.75, 3.05) is 33.2 Å². The predicted molar refractivity (Wildman–Crippen MR) is 64.7 cm³/mol. The van der Waals surface area contributed by atoms with Gasteiger partial charge in [-0.2, -0.15) is 0 Å². The summed E-state index contributed by atoms with van der Waals surface area (Å²) in [5.41, 5.74) is 0.745. The molecule has 96 valence electrons. The Kier molecular flexibility index (Phi) is 5.15. The van der Waals surface area contributed by atoms with Crippen molar-refractivity contribution in [3.63, 3.8) is 0 Å². The number of likely N-dealkylation sites (N-methyl/N-ethyl adjacent to an activating group) is 1. The lowest BCUT2D eigenvalue weighted by Gasteiger charge is -2.21. The number of carboxylic acids is 1. The Balaban J connectivity index is 2.35. The minimum absolute atomic E-state index is 0.133. The molecule has 1 aliphatic heterocycles. The number of hydrogen-bond donors (Lipinski definition) is 1. The minimum atomic E-state index is -0.943. The first-order chi connectivity index (χ1) is 7.99. The van der Waals surface area contributed by atoms with Crippen molar-refractivity contribution in [2.24, 2.45) is 0 Å². The van der Waals surface area contributed by atoms with Crippen LogP contribution in [0.4, 0.5) is 0 Å². The fourth-order valence-electron chi connectivity index (χ4n) is 2.04. The lowest BCUT2D eigenvalue weighted by molar-refractivity contribution is -0.131. The van der Waals surface area contributed by atoms with Crippen LogP contribution in [0.15, 0.2) is 11.6 Å². The van der Waals surface area contributed by atoms with Gasteiger partial charge in [0.2, 0.25) is 5.91 Å². The number of likely N-dealkylation sites (tertiary alicyclic amines) is 1. The molecule has 5 heteroatoms. The molecule has 1 saturated heterocycles. The molecule has 17 heavy (non-hydrogen) atoms. The molecule has 1 fully saturated rings. The number of carbonyl (C=O) groups excluding carboxylic acids is 1. The zero-order chi connectivity index (χ0) is 12.8. The smallest absolute Gasteiger partial charge is 0.328 e. The van der Waals surface area contributed by atoms with E-state index in [1.54, 1.807) is 6.92 Å². The Hall–Kier alpha value is -1.36. The van der Waals surface area contributed by atoms with Crippen LogP contribution < -0.4 is 0 Å². The Morgan fingerprint density at radius 2 is 1.88 bits per heavy atom. The summed E-state index contributed by atoms with van der Waals surface area (Å²) in [6.45, 7) is 4.33. The highest BCUT2D eigenvalue weighted by Crippen LogP contribution is 2.08. The van der Waals surface area contributed by atoms with Crippen LogP contribution in [-0.2, 0) is 9.59 Å². The number of aliphatic carboxylic acids is 1. The van der Waals surface area contributed by atoms with Crippen LogP contribution in [0.1, 0.15) is 19.8 Å². The largest absolute Gasteiger partial charge is 0.478 e. The van der Waals surface area contributed by atoms with E-state index in [1.165, 1.54) is 6.08 Å². The molecular formula is C12H20N2O3. The van der Waals surface area contributed by atoms with Crippen molar-refractivity contribution < 1.29 is 14.7 Å². The van der Waals surface area contributed by atoms with Crippen molar-refractivity contribution in [3.8, 4) is 0 Å². The third kappa shape index (κ3) is 4.99. The van der Waals surface area contributed by atoms with Gasteiger partial charge in [-0.25, -0.2) is 4.79 Å². The second-order valence-corrected chi connectivity index (χ2v) is 4.59. The molecule has 0 aliphatic carbocycles. The third-order valence-electron chi connectivity index (χ3n) is 2.75. The molecule has 0 aromatic rings. The predicted octanol–water partition coefficient (Wildman–Crippen LogP) is 0.572. The van der Waals surface area contributed by atoms with Gasteiger partial charge >= 0.3 is 5.97 Å². The van der Waals surface area contributed by atoms with Crippen LogP contribution in [0.5, 0.6) is 0 Å². The molecule has 0 bridgehead atoms. The molecule has 0 aromatic heterocycles. The number of carboxylic acid groups (broad SMARTS) is 1. The summed E-state index contributed by atoms with van der Waals surface area (Å²) in [4.78, 5) is 26.0. The first-order valence-electron chi connectivity index (χ1n) is 5.85. The van der Waals surface area contributed by atoms with Crippen LogP contribution in [-0.4, -0.2) is 60.0 Å². The lowest BCUT2D eigenvalue weighted by atomic mass is 10.2. The van der Waals surface area contributed by atoms with Crippen molar-refractivity contribution in [1.29, 1.82) is 0 Å². The van der Waals surface area contributed by atoms with Gasteiger partial charge < -0.3 is 10.0 Å². The third-order valence-corrected chi connectivity index (χ3v) is 2.75. The zero-order valence-electron chi connectivity index (χ0n) is 10.5. The van der Waals surface area contributed by atoms with Gasteiger partial charge in [0.05, 0.1) is 6.54 Å². The fraction of sp³-hybridized carbons (Fsp3) is 0.667. The summed E-state index contributed by atoms with van der Waals surface area (Å²) in [5.74, 6) is -0.810. The lowest BCUT2D eigenvalue weighted by Crippen LogP contribution is -2.37. The molecule has 0 unspecified atom stereocenters. The molecule has 0 spiro atoms. The molecule has 0 saturated carbocycles. The molecular weight excluding hydrogens is 220 g/mol. The van der Waals surface area contributed by atoms with Crippen molar-refractivity contribution in [3.05, 3.63) is 11.6 Å². The maximum absolute atomic E-state index is 11.8. The van der Waals surface area contributed by atoms with Gasteiger partial charge in [-0.15, -0.1) is 0 Å². The van der Waals surface area contributed by atoms with E-state index in [2.05, 4.69) is 0 Å². The first kappa shape index (κ1) is 13.7. The number of carbonyl (C=O) groups is 2. The van der Waals surface area contributed by atoms with E-state index in [-0.39, 0.29) is 5.91 Å². The van der Waals surface area contributed by atoms with E-state index in [0.717, 1.165) is 31.5 Å². The highest BCUT2D eigenvalue weighted by Gasteiger charge is 2.18. The summed E-state index contributed by atoms with van der Waals surface area (Å²) < 4.78 is 0. The van der Waals surface area contributed by atoms with Crippen molar-refractivity contribution in [2.45, 2.75) is 19.8 Å². The van der Waals surface area contributed by atoms with E-state index < -0.39 is 5.97 Å². The average Bonchev–Trinajstić information content (AvgIpc) is 2.67. The molecule has 5 nitrogen and oxygen atoms in total. The molecule has 0 atom stereocenters. The van der Waals surface area contributed by atoms with Crippen molar-refractivity contribution in [1.82, 2.24) is 9.80 Å². The number of nitrogens with zero attached hydrogens (tertiary/aromatic N) is 2. The number of rotatable bonds is 5. The van der Waals surface area contributed by atoms with Gasteiger partial charge in [0.1, 0.15) is 0 Å². The van der Waals surface area contributed by atoms with Crippen molar-refractivity contribution >= 4 is 11.9 Å². The van der Waals surface area contributed by atoms with E-state index in [1.807, 2.05) is 16.8 Å². The van der Waals surface area contributed by atoms with E-state index in [9.17, 15) is 9.59 Å². The highest BCUT2D eigenvalue weighted by molar-refractivity contribution is 5.80. The van der Waals surface area contributed by atoms with Crippen LogP contribution >= 0.6 is 0 Å². The minimum Gasteiger partial charge on any atom is -0.478 e. The quantitative estimate of drug-likeness (QED) is 0.714. The standard InChI is InChI=1S/C12H20N2O3/c1-10(7-12(16)17)8-13(2)9-11(15)14-5-3-4-6-14/h7H,3-6,8-9H2,1-2H3,(H,16,17). The van der Waals surface area contributed by atoms with Gasteiger partial charge in [-0.3, -0.25) is 9.69 Å². The Labute approximate surface area is 102 Å².